The Labute approximate surface area is 102 Å². The summed E-state index contributed by atoms with van der Waals surface area (Å²) in [5.74, 6) is 0.270. The first-order chi connectivity index (χ1) is 8.06. The number of rotatable bonds is 3. The highest BCUT2D eigenvalue weighted by Gasteiger charge is 2.10. The minimum atomic E-state index is -0.126. The zero-order chi connectivity index (χ0) is 12.4. The van der Waals surface area contributed by atoms with Gasteiger partial charge in [0.2, 0.25) is 0 Å². The first-order valence-corrected chi connectivity index (χ1v) is 5.11. The fraction of sp³-hybridized carbons (Fsp3) is 0.100. The summed E-state index contributed by atoms with van der Waals surface area (Å²) in [5, 5.41) is 11.9. The molecular weight excluding hydrogens is 242 g/mol. The molecule has 0 aliphatic carbocycles. The van der Waals surface area contributed by atoms with Crippen molar-refractivity contribution in [3.8, 4) is 11.8 Å². The Balaban J connectivity index is 2.35. The molecule has 1 aromatic heterocycles. The fourth-order valence-corrected chi connectivity index (χ4v) is 1.44. The number of nitrogens with zero attached hydrogens (tertiary/aromatic N) is 3. The van der Waals surface area contributed by atoms with Crippen LogP contribution in [0.15, 0.2) is 24.5 Å². The fourth-order valence-electron chi connectivity index (χ4n) is 1.27. The lowest BCUT2D eigenvalue weighted by molar-refractivity contribution is 0.438. The molecule has 0 saturated heterocycles. The lowest BCUT2D eigenvalue weighted by atomic mass is 10.2. The van der Waals surface area contributed by atoms with Gasteiger partial charge >= 0.3 is 6.01 Å². The zero-order valence-corrected chi connectivity index (χ0v) is 9.77. The third-order valence-electron chi connectivity index (χ3n) is 2.01. The van der Waals surface area contributed by atoms with Gasteiger partial charge in [-0.2, -0.15) is 4.98 Å². The van der Waals surface area contributed by atoms with E-state index in [2.05, 4.69) is 10.1 Å². The van der Waals surface area contributed by atoms with Crippen molar-refractivity contribution in [2.24, 2.45) is 12.8 Å². The van der Waals surface area contributed by atoms with Crippen LogP contribution < -0.4 is 10.5 Å². The quantitative estimate of drug-likeness (QED) is 0.640. The van der Waals surface area contributed by atoms with Gasteiger partial charge in [0.15, 0.2) is 0 Å². The first kappa shape index (κ1) is 11.4. The minimum absolute atomic E-state index is 0.126. The van der Waals surface area contributed by atoms with E-state index >= 15 is 0 Å². The Morgan fingerprint density at radius 3 is 2.88 bits per heavy atom. The number of nitrogens with two attached hydrogens (primary N) is 1. The number of halogens is 1. The van der Waals surface area contributed by atoms with E-state index in [1.54, 1.807) is 25.2 Å². The number of benzene rings is 1. The van der Waals surface area contributed by atoms with Crippen LogP contribution in [0.1, 0.15) is 5.56 Å². The van der Waals surface area contributed by atoms with Crippen molar-refractivity contribution in [3.05, 3.63) is 35.1 Å². The van der Waals surface area contributed by atoms with Crippen LogP contribution >= 0.6 is 11.6 Å². The van der Waals surface area contributed by atoms with Gasteiger partial charge in [-0.3, -0.25) is 10.1 Å². The lowest BCUT2D eigenvalue weighted by Gasteiger charge is -2.07. The van der Waals surface area contributed by atoms with Crippen LogP contribution in [0.2, 0.25) is 5.02 Å². The minimum Gasteiger partial charge on any atom is -0.422 e. The summed E-state index contributed by atoms with van der Waals surface area (Å²) in [4.78, 5) is 3.92. The van der Waals surface area contributed by atoms with Gasteiger partial charge in [-0.05, 0) is 18.2 Å². The Bertz CT molecular complexity index is 566. The van der Waals surface area contributed by atoms with Gasteiger partial charge < -0.3 is 10.5 Å². The van der Waals surface area contributed by atoms with Gasteiger partial charge in [-0.15, -0.1) is 5.10 Å². The summed E-state index contributed by atoms with van der Waals surface area (Å²) in [6.45, 7) is 0. The molecule has 88 valence electrons. The molecule has 0 amide bonds. The second-order valence-electron chi connectivity index (χ2n) is 3.36. The molecule has 1 heterocycles. The second kappa shape index (κ2) is 4.42. The number of amidine groups is 1. The van der Waals surface area contributed by atoms with Crippen molar-refractivity contribution in [2.75, 3.05) is 0 Å². The number of hydrogen-bond acceptors (Lipinski definition) is 4. The molecule has 0 saturated carbocycles. The average Bonchev–Trinajstić information content (AvgIpc) is 2.66. The summed E-state index contributed by atoms with van der Waals surface area (Å²) in [5.41, 5.74) is 5.85. The largest absolute Gasteiger partial charge is 0.422 e. The molecule has 0 unspecified atom stereocenters. The van der Waals surface area contributed by atoms with Gasteiger partial charge in [0.05, 0.1) is 5.56 Å². The smallest absolute Gasteiger partial charge is 0.341 e. The van der Waals surface area contributed by atoms with Crippen molar-refractivity contribution < 1.29 is 4.74 Å². The molecule has 0 aliphatic rings. The predicted octanol–water partition coefficient (Wildman–Crippen LogP) is 1.54. The highest BCUT2D eigenvalue weighted by molar-refractivity contribution is 6.31. The number of aryl methyl sites for hydroxylation is 1. The van der Waals surface area contributed by atoms with Crippen LogP contribution in [0.3, 0.4) is 0 Å². The molecule has 6 nitrogen and oxygen atoms in total. The molecule has 0 fully saturated rings. The molecule has 2 rings (SSSR count). The predicted molar refractivity (Wildman–Crippen MR) is 63.5 cm³/mol. The lowest BCUT2D eigenvalue weighted by Crippen LogP contribution is -2.12. The number of ether oxygens (including phenoxy) is 1. The van der Waals surface area contributed by atoms with E-state index in [0.717, 1.165) is 0 Å². The number of nitrogens with one attached hydrogen (secondary N) is 1. The van der Waals surface area contributed by atoms with Crippen molar-refractivity contribution in [2.45, 2.75) is 0 Å². The molecule has 7 heteroatoms. The summed E-state index contributed by atoms with van der Waals surface area (Å²) in [6, 6.07) is 5.02. The zero-order valence-electron chi connectivity index (χ0n) is 9.01. The Morgan fingerprint density at radius 1 is 1.53 bits per heavy atom. The third-order valence-corrected chi connectivity index (χ3v) is 2.25. The SMILES string of the molecule is Cn1cnc(Oc2ccc(Cl)cc2C(=N)N)n1. The summed E-state index contributed by atoms with van der Waals surface area (Å²) in [6.07, 6.45) is 1.51. The number of nitrogen functional groups attached to an aromatic ring is 1. The van der Waals surface area contributed by atoms with E-state index in [9.17, 15) is 0 Å². The maximum Gasteiger partial charge on any atom is 0.341 e. The maximum atomic E-state index is 7.44. The number of aromatic nitrogens is 3. The topological polar surface area (TPSA) is 89.8 Å². The standard InChI is InChI=1S/C10H10ClN5O/c1-16-5-14-10(15-16)17-8-3-2-6(11)4-7(8)9(12)13/h2-5H,1H3,(H3,12,13). The van der Waals surface area contributed by atoms with E-state index < -0.39 is 0 Å². The van der Waals surface area contributed by atoms with Crippen LogP contribution in [-0.2, 0) is 7.05 Å². The van der Waals surface area contributed by atoms with Crippen LogP contribution in [0.25, 0.3) is 0 Å². The molecular formula is C10H10ClN5O. The Kier molecular flexibility index (Phi) is 2.97. The van der Waals surface area contributed by atoms with Crippen LogP contribution in [0.5, 0.6) is 11.8 Å². The molecule has 2 aromatic rings. The molecule has 1 aromatic carbocycles. The van der Waals surface area contributed by atoms with Gasteiger partial charge in [-0.1, -0.05) is 11.6 Å². The van der Waals surface area contributed by atoms with Crippen molar-refractivity contribution in [1.82, 2.24) is 14.8 Å². The van der Waals surface area contributed by atoms with Gasteiger partial charge in [-0.25, -0.2) is 0 Å². The first-order valence-electron chi connectivity index (χ1n) is 4.73. The molecule has 0 bridgehead atoms. The highest BCUT2D eigenvalue weighted by Crippen LogP contribution is 2.25. The van der Waals surface area contributed by atoms with E-state index in [4.69, 9.17) is 27.5 Å². The molecule has 0 aliphatic heterocycles. The Hall–Kier alpha value is -2.08. The van der Waals surface area contributed by atoms with Gasteiger partial charge in [0, 0.05) is 12.1 Å². The average molecular weight is 252 g/mol. The van der Waals surface area contributed by atoms with E-state index in [-0.39, 0.29) is 11.8 Å². The third kappa shape index (κ3) is 2.54. The van der Waals surface area contributed by atoms with Crippen LogP contribution in [-0.4, -0.2) is 20.6 Å². The Morgan fingerprint density at radius 2 is 2.29 bits per heavy atom. The van der Waals surface area contributed by atoms with Crippen LogP contribution in [0.4, 0.5) is 0 Å². The molecule has 3 N–H and O–H groups in total. The van der Waals surface area contributed by atoms with E-state index in [0.29, 0.717) is 16.3 Å². The summed E-state index contributed by atoms with van der Waals surface area (Å²) < 4.78 is 6.94. The molecule has 0 radical (unpaired) electrons. The summed E-state index contributed by atoms with van der Waals surface area (Å²) in [7, 11) is 1.73. The summed E-state index contributed by atoms with van der Waals surface area (Å²) >= 11 is 5.82. The monoisotopic (exact) mass is 251 g/mol. The van der Waals surface area contributed by atoms with Gasteiger partial charge in [0.1, 0.15) is 17.9 Å². The molecule has 0 spiro atoms. The van der Waals surface area contributed by atoms with Crippen molar-refractivity contribution in [1.29, 1.82) is 5.41 Å². The van der Waals surface area contributed by atoms with Crippen molar-refractivity contribution in [3.63, 3.8) is 0 Å². The number of hydrogen-bond donors (Lipinski definition) is 2. The molecule has 0 atom stereocenters. The normalized spacial score (nSPS) is 10.2. The van der Waals surface area contributed by atoms with Gasteiger partial charge in [0.25, 0.3) is 0 Å². The van der Waals surface area contributed by atoms with E-state index in [1.807, 2.05) is 0 Å². The highest BCUT2D eigenvalue weighted by atomic mass is 35.5. The van der Waals surface area contributed by atoms with Crippen molar-refractivity contribution >= 4 is 17.4 Å². The molecule has 17 heavy (non-hydrogen) atoms. The maximum absolute atomic E-state index is 7.44. The second-order valence-corrected chi connectivity index (χ2v) is 3.79. The van der Waals surface area contributed by atoms with Crippen LogP contribution in [0, 0.1) is 5.41 Å². The van der Waals surface area contributed by atoms with E-state index in [1.165, 1.54) is 11.0 Å².